The van der Waals surface area contributed by atoms with Crippen molar-refractivity contribution in [2.45, 2.75) is 44.6 Å². The summed E-state index contributed by atoms with van der Waals surface area (Å²) < 4.78 is 66.2. The first-order valence-corrected chi connectivity index (χ1v) is 12.6. The van der Waals surface area contributed by atoms with Gasteiger partial charge in [0.25, 0.3) is 12.0 Å². The van der Waals surface area contributed by atoms with Crippen molar-refractivity contribution in [1.82, 2.24) is 14.5 Å². The van der Waals surface area contributed by atoms with Crippen LogP contribution in [-0.2, 0) is 22.3 Å². The second-order valence-electron chi connectivity index (χ2n) is 9.01. The summed E-state index contributed by atoms with van der Waals surface area (Å²) in [6, 6.07) is 4.79. The fraction of sp³-hybridized carbons (Fsp3) is 0.435. The van der Waals surface area contributed by atoms with Crippen molar-refractivity contribution in [3.05, 3.63) is 63.5 Å². The molecule has 2 aromatic heterocycles. The molecule has 3 heterocycles. The third-order valence-electron chi connectivity index (χ3n) is 6.70. The number of nitrogens with zero attached hydrogens (tertiary/aromatic N) is 3. The summed E-state index contributed by atoms with van der Waals surface area (Å²) in [7, 11) is -1.56. The van der Waals surface area contributed by atoms with E-state index in [0.717, 1.165) is 6.07 Å². The molecule has 1 aliphatic rings. The Morgan fingerprint density at radius 2 is 1.79 bits per heavy atom. The molecule has 0 bridgehead atoms. The van der Waals surface area contributed by atoms with E-state index in [4.69, 9.17) is 0 Å². The molecule has 1 saturated heterocycles. The molecule has 0 unspecified atom stereocenters. The van der Waals surface area contributed by atoms with E-state index in [2.05, 4.69) is 15.3 Å². The monoisotopic (exact) mass is 494 g/mol. The zero-order chi connectivity index (χ0) is 24.8. The van der Waals surface area contributed by atoms with E-state index in [1.807, 2.05) is 6.92 Å². The van der Waals surface area contributed by atoms with Gasteiger partial charge in [-0.25, -0.2) is 31.6 Å². The number of sulfone groups is 1. The van der Waals surface area contributed by atoms with Crippen LogP contribution >= 0.6 is 0 Å². The van der Waals surface area contributed by atoms with Gasteiger partial charge in [0.2, 0.25) is 0 Å². The fourth-order valence-electron chi connectivity index (χ4n) is 4.43. The van der Waals surface area contributed by atoms with Gasteiger partial charge in [0.05, 0.1) is 28.5 Å². The van der Waals surface area contributed by atoms with Gasteiger partial charge in [0, 0.05) is 18.2 Å². The molecule has 34 heavy (non-hydrogen) atoms. The van der Waals surface area contributed by atoms with Crippen LogP contribution in [0.2, 0.25) is 0 Å². The number of rotatable bonds is 5. The number of hydrogen-bond acceptors (Lipinski definition) is 6. The minimum absolute atomic E-state index is 0.00211. The number of alkyl halides is 2. The number of pyridine rings is 1. The third kappa shape index (κ3) is 4.28. The number of aryl methyl sites for hydroxylation is 1. The van der Waals surface area contributed by atoms with Crippen molar-refractivity contribution in [2.75, 3.05) is 16.8 Å². The molecule has 182 valence electrons. The predicted molar refractivity (Wildman–Crippen MR) is 123 cm³/mol. The Bertz CT molecular complexity index is 1410. The molecule has 1 aromatic carbocycles. The average Bonchev–Trinajstić information content (AvgIpc) is 2.78. The summed E-state index contributed by atoms with van der Waals surface area (Å²) in [5.41, 5.74) is -0.753. The van der Waals surface area contributed by atoms with Crippen LogP contribution in [0.4, 0.5) is 19.0 Å². The number of aromatic nitrogens is 3. The smallest absolute Gasteiger partial charge is 0.266 e. The number of fused-ring (bicyclic) bond motifs is 1. The molecule has 0 radical (unpaired) electrons. The Morgan fingerprint density at radius 1 is 1.15 bits per heavy atom. The molecule has 1 atom stereocenters. The normalized spacial score (nSPS) is 18.2. The highest BCUT2D eigenvalue weighted by Crippen LogP contribution is 2.36. The lowest BCUT2D eigenvalue weighted by Gasteiger charge is -2.33. The van der Waals surface area contributed by atoms with E-state index in [0.29, 0.717) is 35.3 Å². The molecule has 11 heteroatoms. The van der Waals surface area contributed by atoms with E-state index in [1.165, 1.54) is 23.0 Å². The molecule has 1 aliphatic heterocycles. The zero-order valence-electron chi connectivity index (χ0n) is 19.0. The standard InChI is InChI=1S/C23H25F3N4O3S/c1-13(14-5-4-6-15(18(14)24)19(25)26)29-20-16-11-17(22(31)30(3)21(16)28-12-27-20)23(2)7-9-34(32,33)10-8-23/h4-6,11-13,19H,7-10H2,1-3H3,(H,27,28,29)/t13-/m1/s1. The second-order valence-corrected chi connectivity index (χ2v) is 11.3. The highest BCUT2D eigenvalue weighted by molar-refractivity contribution is 7.91. The number of benzene rings is 1. The highest BCUT2D eigenvalue weighted by atomic mass is 32.2. The van der Waals surface area contributed by atoms with Crippen LogP contribution < -0.4 is 10.9 Å². The SMILES string of the molecule is C[C@@H](Nc1ncnc2c1cc(C1(C)CCS(=O)(=O)CC1)c(=O)n2C)c1cccc(C(F)F)c1F. The maximum atomic E-state index is 14.7. The molecule has 4 rings (SSSR count). The molecule has 7 nitrogen and oxygen atoms in total. The summed E-state index contributed by atoms with van der Waals surface area (Å²) in [6.07, 6.45) is -1.05. The summed E-state index contributed by atoms with van der Waals surface area (Å²) in [5, 5.41) is 3.56. The van der Waals surface area contributed by atoms with Crippen molar-refractivity contribution in [2.24, 2.45) is 7.05 Å². The minimum Gasteiger partial charge on any atom is -0.363 e. The lowest BCUT2D eigenvalue weighted by Crippen LogP contribution is -2.40. The molecule has 0 spiro atoms. The largest absolute Gasteiger partial charge is 0.363 e. The van der Waals surface area contributed by atoms with E-state index < -0.39 is 39.1 Å². The quantitative estimate of drug-likeness (QED) is 0.575. The van der Waals surface area contributed by atoms with Gasteiger partial charge in [-0.3, -0.25) is 9.36 Å². The van der Waals surface area contributed by atoms with Gasteiger partial charge in [-0.1, -0.05) is 25.1 Å². The number of anilines is 1. The Kier molecular flexibility index (Phi) is 6.17. The van der Waals surface area contributed by atoms with Crippen LogP contribution in [0.15, 0.2) is 35.4 Å². The Balaban J connectivity index is 1.78. The molecule has 0 amide bonds. The summed E-state index contributed by atoms with van der Waals surface area (Å²) in [4.78, 5) is 21.6. The summed E-state index contributed by atoms with van der Waals surface area (Å²) in [6.45, 7) is 3.49. The van der Waals surface area contributed by atoms with Gasteiger partial charge in [-0.15, -0.1) is 0 Å². The Labute approximate surface area is 195 Å². The second kappa shape index (κ2) is 8.68. The van der Waals surface area contributed by atoms with Crippen molar-refractivity contribution < 1.29 is 21.6 Å². The van der Waals surface area contributed by atoms with Crippen molar-refractivity contribution in [1.29, 1.82) is 0 Å². The van der Waals surface area contributed by atoms with Crippen LogP contribution in [-0.4, -0.2) is 34.5 Å². The van der Waals surface area contributed by atoms with Crippen LogP contribution in [0, 0.1) is 5.82 Å². The first-order valence-electron chi connectivity index (χ1n) is 10.8. The number of hydrogen-bond donors (Lipinski definition) is 1. The average molecular weight is 495 g/mol. The lowest BCUT2D eigenvalue weighted by atomic mass is 9.77. The number of nitrogens with one attached hydrogen (secondary N) is 1. The topological polar surface area (TPSA) is 94.0 Å². The molecule has 0 saturated carbocycles. The van der Waals surface area contributed by atoms with Crippen LogP contribution in [0.5, 0.6) is 0 Å². The predicted octanol–water partition coefficient (Wildman–Crippen LogP) is 4.04. The van der Waals surface area contributed by atoms with E-state index >= 15 is 0 Å². The Hall–Kier alpha value is -2.95. The minimum atomic E-state index is -3.13. The van der Waals surface area contributed by atoms with Crippen LogP contribution in [0.3, 0.4) is 0 Å². The third-order valence-corrected chi connectivity index (χ3v) is 8.35. The first kappa shape index (κ1) is 24.2. The van der Waals surface area contributed by atoms with Crippen LogP contribution in [0.25, 0.3) is 11.0 Å². The summed E-state index contributed by atoms with van der Waals surface area (Å²) >= 11 is 0. The van der Waals surface area contributed by atoms with E-state index in [9.17, 15) is 26.4 Å². The molecule has 0 aliphatic carbocycles. The van der Waals surface area contributed by atoms with Crippen molar-refractivity contribution in [3.63, 3.8) is 0 Å². The molecular formula is C23H25F3N4O3S. The Morgan fingerprint density at radius 3 is 2.44 bits per heavy atom. The van der Waals surface area contributed by atoms with Gasteiger partial charge < -0.3 is 5.32 Å². The van der Waals surface area contributed by atoms with Gasteiger partial charge in [0.1, 0.15) is 33.4 Å². The molecule has 3 aromatic rings. The molecule has 1 fully saturated rings. The maximum Gasteiger partial charge on any atom is 0.266 e. The lowest BCUT2D eigenvalue weighted by molar-refractivity contribution is 0.146. The van der Waals surface area contributed by atoms with Gasteiger partial charge in [0.15, 0.2) is 0 Å². The fourth-order valence-corrected chi connectivity index (χ4v) is 6.16. The van der Waals surface area contributed by atoms with Gasteiger partial charge in [-0.2, -0.15) is 0 Å². The maximum absolute atomic E-state index is 14.7. The summed E-state index contributed by atoms with van der Waals surface area (Å²) in [5.74, 6) is -0.682. The van der Waals surface area contributed by atoms with Crippen molar-refractivity contribution >= 4 is 26.7 Å². The molecule has 1 N–H and O–H groups in total. The van der Waals surface area contributed by atoms with Gasteiger partial charge >= 0.3 is 0 Å². The van der Waals surface area contributed by atoms with Gasteiger partial charge in [-0.05, 0) is 31.2 Å². The van der Waals surface area contributed by atoms with E-state index in [-0.39, 0.29) is 22.6 Å². The highest BCUT2D eigenvalue weighted by Gasteiger charge is 2.37. The van der Waals surface area contributed by atoms with Crippen LogP contribution in [0.1, 0.15) is 55.8 Å². The zero-order valence-corrected chi connectivity index (χ0v) is 19.8. The van der Waals surface area contributed by atoms with Crippen molar-refractivity contribution in [3.8, 4) is 0 Å². The molecular weight excluding hydrogens is 469 g/mol. The number of halogens is 3. The van der Waals surface area contributed by atoms with E-state index in [1.54, 1.807) is 20.0 Å². The first-order chi connectivity index (χ1) is 15.9.